The third kappa shape index (κ3) is 2.21. The van der Waals surface area contributed by atoms with Crippen LogP contribution in [0.15, 0.2) is 47.1 Å². The van der Waals surface area contributed by atoms with Crippen molar-refractivity contribution in [3.8, 4) is 0 Å². The molecule has 0 radical (unpaired) electrons. The van der Waals surface area contributed by atoms with Crippen LogP contribution in [0, 0.1) is 5.41 Å². The normalized spacial score (nSPS) is 22.2. The van der Waals surface area contributed by atoms with Gasteiger partial charge in [-0.05, 0) is 42.0 Å². The van der Waals surface area contributed by atoms with Crippen LogP contribution in [0.25, 0.3) is 0 Å². The van der Waals surface area contributed by atoms with E-state index < -0.39 is 0 Å². The van der Waals surface area contributed by atoms with E-state index in [0.29, 0.717) is 6.04 Å². The number of nitrogens with one attached hydrogen (secondary N) is 1. The van der Waals surface area contributed by atoms with Gasteiger partial charge in [-0.25, -0.2) is 0 Å². The van der Waals surface area contributed by atoms with Gasteiger partial charge in [0.25, 0.3) is 0 Å². The highest BCUT2D eigenvalue weighted by atomic mass is 16.3. The molecule has 100 valence electrons. The van der Waals surface area contributed by atoms with Crippen molar-refractivity contribution in [3.63, 3.8) is 0 Å². The Balaban J connectivity index is 1.87. The molecular formula is C17H21NO. The second kappa shape index (κ2) is 4.53. The zero-order valence-corrected chi connectivity index (χ0v) is 11.8. The Morgan fingerprint density at radius 1 is 1.21 bits per heavy atom. The zero-order chi connectivity index (χ0) is 13.5. The first-order valence-electron chi connectivity index (χ1n) is 6.95. The average Bonchev–Trinajstić information content (AvgIpc) is 2.96. The molecule has 1 aromatic carbocycles. The van der Waals surface area contributed by atoms with E-state index in [0.717, 1.165) is 12.2 Å². The monoisotopic (exact) mass is 255 g/mol. The van der Waals surface area contributed by atoms with Gasteiger partial charge in [0.2, 0.25) is 0 Å². The van der Waals surface area contributed by atoms with Gasteiger partial charge in [-0.1, -0.05) is 38.1 Å². The van der Waals surface area contributed by atoms with Gasteiger partial charge in [-0.15, -0.1) is 0 Å². The summed E-state index contributed by atoms with van der Waals surface area (Å²) < 4.78 is 5.50. The summed E-state index contributed by atoms with van der Waals surface area (Å²) in [6.07, 6.45) is 2.87. The number of benzene rings is 1. The lowest BCUT2D eigenvalue weighted by atomic mass is 9.85. The van der Waals surface area contributed by atoms with E-state index >= 15 is 0 Å². The summed E-state index contributed by atoms with van der Waals surface area (Å²) in [5.74, 6) is 1.00. The molecule has 1 aliphatic carbocycles. The predicted octanol–water partition coefficient (Wildman–Crippen LogP) is 4.25. The van der Waals surface area contributed by atoms with Gasteiger partial charge >= 0.3 is 0 Å². The maximum Gasteiger partial charge on any atom is 0.120 e. The minimum atomic E-state index is 0.227. The summed E-state index contributed by atoms with van der Waals surface area (Å²) in [6.45, 7) is 6.83. The van der Waals surface area contributed by atoms with Gasteiger partial charge in [-0.3, -0.25) is 0 Å². The van der Waals surface area contributed by atoms with E-state index in [9.17, 15) is 0 Å². The molecular weight excluding hydrogens is 234 g/mol. The van der Waals surface area contributed by atoms with E-state index in [-0.39, 0.29) is 11.5 Å². The highest BCUT2D eigenvalue weighted by Gasteiger charge is 2.39. The molecule has 0 saturated carbocycles. The lowest BCUT2D eigenvalue weighted by molar-refractivity contribution is 0.243. The number of hydrogen-bond acceptors (Lipinski definition) is 2. The highest BCUT2D eigenvalue weighted by Crippen LogP contribution is 2.45. The summed E-state index contributed by atoms with van der Waals surface area (Å²) in [6, 6.07) is 13.3. The lowest BCUT2D eigenvalue weighted by Crippen LogP contribution is -2.32. The van der Waals surface area contributed by atoms with Crippen LogP contribution >= 0.6 is 0 Å². The number of furan rings is 1. The van der Waals surface area contributed by atoms with Crippen molar-refractivity contribution >= 4 is 0 Å². The van der Waals surface area contributed by atoms with Gasteiger partial charge in [-0.2, -0.15) is 0 Å². The van der Waals surface area contributed by atoms with Gasteiger partial charge in [0, 0.05) is 6.04 Å². The van der Waals surface area contributed by atoms with Gasteiger partial charge in [0.15, 0.2) is 0 Å². The minimum Gasteiger partial charge on any atom is -0.468 e. The van der Waals surface area contributed by atoms with Crippen LogP contribution in [-0.4, -0.2) is 0 Å². The summed E-state index contributed by atoms with van der Waals surface area (Å²) in [5, 5.41) is 3.73. The topological polar surface area (TPSA) is 25.2 Å². The number of hydrogen-bond donors (Lipinski definition) is 1. The van der Waals surface area contributed by atoms with Gasteiger partial charge in [0.05, 0.1) is 12.3 Å². The fraction of sp³-hybridized carbons (Fsp3) is 0.412. The fourth-order valence-corrected chi connectivity index (χ4v) is 3.18. The van der Waals surface area contributed by atoms with Crippen molar-refractivity contribution in [1.82, 2.24) is 5.32 Å². The summed E-state index contributed by atoms with van der Waals surface area (Å²) in [4.78, 5) is 0. The van der Waals surface area contributed by atoms with Crippen molar-refractivity contribution in [2.24, 2.45) is 5.41 Å². The molecule has 0 amide bonds. The molecule has 1 aromatic heterocycles. The first-order chi connectivity index (χ1) is 9.08. The standard InChI is InChI=1S/C17H21NO/c1-12(15-9-6-10-19-15)18-16-14-8-5-4-7-13(14)11-17(16,2)3/h4-10,12,16,18H,11H2,1-3H3/t12-,16?/m0/s1. The smallest absolute Gasteiger partial charge is 0.120 e. The molecule has 1 N–H and O–H groups in total. The van der Waals surface area contributed by atoms with Crippen LogP contribution in [0.1, 0.15) is 49.7 Å². The molecule has 0 fully saturated rings. The first-order valence-corrected chi connectivity index (χ1v) is 6.95. The number of fused-ring (bicyclic) bond motifs is 1. The molecule has 1 heterocycles. The van der Waals surface area contributed by atoms with Crippen molar-refractivity contribution in [2.75, 3.05) is 0 Å². The van der Waals surface area contributed by atoms with Crippen molar-refractivity contribution in [1.29, 1.82) is 0 Å². The lowest BCUT2D eigenvalue weighted by Gasteiger charge is -2.31. The maximum absolute atomic E-state index is 5.50. The molecule has 0 saturated heterocycles. The van der Waals surface area contributed by atoms with Crippen LogP contribution < -0.4 is 5.32 Å². The summed E-state index contributed by atoms with van der Waals surface area (Å²) in [7, 11) is 0. The van der Waals surface area contributed by atoms with E-state index in [1.54, 1.807) is 6.26 Å². The zero-order valence-electron chi connectivity index (χ0n) is 11.8. The van der Waals surface area contributed by atoms with E-state index in [2.05, 4.69) is 50.4 Å². The van der Waals surface area contributed by atoms with Crippen molar-refractivity contribution in [3.05, 3.63) is 59.5 Å². The third-order valence-electron chi connectivity index (χ3n) is 4.18. The Morgan fingerprint density at radius 2 is 2.00 bits per heavy atom. The molecule has 1 unspecified atom stereocenters. The van der Waals surface area contributed by atoms with Crippen LogP contribution in [0.2, 0.25) is 0 Å². The minimum absolute atomic E-state index is 0.227. The van der Waals surface area contributed by atoms with Crippen molar-refractivity contribution in [2.45, 2.75) is 39.3 Å². The second-order valence-corrected chi connectivity index (χ2v) is 6.20. The molecule has 1 aliphatic rings. The van der Waals surface area contributed by atoms with Crippen LogP contribution in [0.5, 0.6) is 0 Å². The fourth-order valence-electron chi connectivity index (χ4n) is 3.18. The van der Waals surface area contributed by atoms with Crippen LogP contribution in [0.4, 0.5) is 0 Å². The molecule has 2 aromatic rings. The summed E-state index contributed by atoms with van der Waals surface area (Å²) >= 11 is 0. The van der Waals surface area contributed by atoms with Crippen LogP contribution in [-0.2, 0) is 6.42 Å². The second-order valence-electron chi connectivity index (χ2n) is 6.20. The van der Waals surface area contributed by atoms with Gasteiger partial charge in [0.1, 0.15) is 5.76 Å². The van der Waals surface area contributed by atoms with E-state index in [4.69, 9.17) is 4.42 Å². The van der Waals surface area contributed by atoms with E-state index in [1.807, 2.05) is 12.1 Å². The van der Waals surface area contributed by atoms with Crippen molar-refractivity contribution < 1.29 is 4.42 Å². The quantitative estimate of drug-likeness (QED) is 0.886. The van der Waals surface area contributed by atoms with Crippen LogP contribution in [0.3, 0.4) is 0 Å². The Kier molecular flexibility index (Phi) is 2.98. The Labute approximate surface area is 114 Å². The molecule has 3 rings (SSSR count). The molecule has 2 heteroatoms. The molecule has 19 heavy (non-hydrogen) atoms. The number of rotatable bonds is 3. The third-order valence-corrected chi connectivity index (χ3v) is 4.18. The molecule has 0 aliphatic heterocycles. The maximum atomic E-state index is 5.50. The Hall–Kier alpha value is -1.54. The molecule has 0 spiro atoms. The molecule has 2 atom stereocenters. The van der Waals surface area contributed by atoms with E-state index in [1.165, 1.54) is 11.1 Å². The Morgan fingerprint density at radius 3 is 2.74 bits per heavy atom. The SMILES string of the molecule is C[C@H](NC1c2ccccc2CC1(C)C)c1ccco1. The summed E-state index contributed by atoms with van der Waals surface area (Å²) in [5.41, 5.74) is 3.15. The first kappa shape index (κ1) is 12.5. The molecule has 2 nitrogen and oxygen atoms in total. The largest absolute Gasteiger partial charge is 0.468 e. The molecule has 0 bridgehead atoms. The average molecular weight is 255 g/mol. The Bertz CT molecular complexity index is 556. The highest BCUT2D eigenvalue weighted by molar-refractivity contribution is 5.37. The predicted molar refractivity (Wildman–Crippen MR) is 76.9 cm³/mol. The van der Waals surface area contributed by atoms with Gasteiger partial charge < -0.3 is 9.73 Å².